The molecule has 6 heteroatoms. The van der Waals surface area contributed by atoms with Gasteiger partial charge in [-0.05, 0) is 42.5 Å². The lowest BCUT2D eigenvalue weighted by molar-refractivity contribution is 0.628. The second-order valence-corrected chi connectivity index (χ2v) is 4.67. The van der Waals surface area contributed by atoms with Crippen LogP contribution in [0.3, 0.4) is 0 Å². The quantitative estimate of drug-likeness (QED) is 0.514. The van der Waals surface area contributed by atoms with Gasteiger partial charge >= 0.3 is 0 Å². The van der Waals surface area contributed by atoms with Crippen LogP contribution in [0.2, 0.25) is 5.02 Å². The normalized spacial score (nSPS) is 10.5. The minimum Gasteiger partial charge on any atom is -0.331 e. The Hall–Kier alpha value is -1.98. The summed E-state index contributed by atoms with van der Waals surface area (Å²) in [7, 11) is 0. The topological polar surface area (TPSA) is 36.4 Å². The maximum Gasteiger partial charge on any atom is 0.191 e. The molecule has 0 aliphatic rings. The van der Waals surface area contributed by atoms with Crippen LogP contribution in [0.15, 0.2) is 53.6 Å². The van der Waals surface area contributed by atoms with Crippen LogP contribution in [0, 0.1) is 5.82 Å². The molecule has 2 N–H and O–H groups in total. The predicted octanol–water partition coefficient (Wildman–Crippen LogP) is 3.80. The molecule has 20 heavy (non-hydrogen) atoms. The Bertz CT molecular complexity index is 629. The third-order valence-corrected chi connectivity index (χ3v) is 2.91. The van der Waals surface area contributed by atoms with Crippen molar-refractivity contribution in [1.29, 1.82) is 0 Å². The van der Waals surface area contributed by atoms with E-state index in [1.54, 1.807) is 24.4 Å². The monoisotopic (exact) mass is 307 g/mol. The van der Waals surface area contributed by atoms with E-state index in [0.717, 1.165) is 5.56 Å². The number of nitrogens with one attached hydrogen (secondary N) is 2. The van der Waals surface area contributed by atoms with Crippen molar-refractivity contribution >= 4 is 40.8 Å². The first kappa shape index (κ1) is 14.4. The number of rotatable bonds is 3. The maximum absolute atomic E-state index is 12.7. The molecule has 0 aliphatic carbocycles. The molecule has 0 spiro atoms. The van der Waals surface area contributed by atoms with E-state index in [2.05, 4.69) is 15.8 Å². The van der Waals surface area contributed by atoms with E-state index >= 15 is 0 Å². The Morgan fingerprint density at radius 1 is 1.15 bits per heavy atom. The SMILES string of the molecule is Fc1ccc(NC(=S)N/N=C/c2ccccc2Cl)cc1. The molecule has 0 heterocycles. The fraction of sp³-hybridized carbons (Fsp3) is 0. The minimum absolute atomic E-state index is 0.300. The van der Waals surface area contributed by atoms with E-state index in [1.807, 2.05) is 18.2 Å². The van der Waals surface area contributed by atoms with Crippen LogP contribution < -0.4 is 10.7 Å². The van der Waals surface area contributed by atoms with Gasteiger partial charge in [-0.15, -0.1) is 0 Å². The summed E-state index contributed by atoms with van der Waals surface area (Å²) >= 11 is 11.0. The summed E-state index contributed by atoms with van der Waals surface area (Å²) in [4.78, 5) is 0. The zero-order valence-corrected chi connectivity index (χ0v) is 11.9. The van der Waals surface area contributed by atoms with Crippen molar-refractivity contribution in [1.82, 2.24) is 5.43 Å². The Labute approximate surface area is 126 Å². The summed E-state index contributed by atoms with van der Waals surface area (Å²) in [6.07, 6.45) is 1.57. The highest BCUT2D eigenvalue weighted by molar-refractivity contribution is 7.80. The van der Waals surface area contributed by atoms with E-state index in [4.69, 9.17) is 23.8 Å². The summed E-state index contributed by atoms with van der Waals surface area (Å²) < 4.78 is 12.7. The van der Waals surface area contributed by atoms with E-state index in [-0.39, 0.29) is 5.82 Å². The Morgan fingerprint density at radius 3 is 2.55 bits per heavy atom. The molecule has 2 aromatic carbocycles. The molecule has 0 radical (unpaired) electrons. The maximum atomic E-state index is 12.7. The first-order valence-corrected chi connectivity index (χ1v) is 6.54. The van der Waals surface area contributed by atoms with Crippen molar-refractivity contribution in [2.45, 2.75) is 0 Å². The van der Waals surface area contributed by atoms with E-state index in [1.165, 1.54) is 12.1 Å². The van der Waals surface area contributed by atoms with Gasteiger partial charge in [-0.1, -0.05) is 29.8 Å². The summed E-state index contributed by atoms with van der Waals surface area (Å²) in [5, 5.41) is 7.77. The standard InChI is InChI=1S/C14H11ClFN3S/c15-13-4-2-1-3-10(13)9-17-19-14(20)18-12-7-5-11(16)6-8-12/h1-9H,(H2,18,19,20)/b17-9+. The third-order valence-electron chi connectivity index (χ3n) is 2.38. The van der Waals surface area contributed by atoms with Gasteiger partial charge < -0.3 is 5.32 Å². The lowest BCUT2D eigenvalue weighted by Gasteiger charge is -2.06. The van der Waals surface area contributed by atoms with Gasteiger partial charge in [0.05, 0.1) is 6.21 Å². The highest BCUT2D eigenvalue weighted by atomic mass is 35.5. The molecular weight excluding hydrogens is 297 g/mol. The van der Waals surface area contributed by atoms with Gasteiger partial charge in [0.25, 0.3) is 0 Å². The van der Waals surface area contributed by atoms with Crippen LogP contribution in [0.5, 0.6) is 0 Å². The molecule has 2 aromatic rings. The predicted molar refractivity (Wildman–Crippen MR) is 84.8 cm³/mol. The highest BCUT2D eigenvalue weighted by Crippen LogP contribution is 2.12. The van der Waals surface area contributed by atoms with E-state index in [0.29, 0.717) is 15.8 Å². The lowest BCUT2D eigenvalue weighted by Crippen LogP contribution is -2.23. The second kappa shape index (κ2) is 6.98. The lowest BCUT2D eigenvalue weighted by atomic mass is 10.2. The molecular formula is C14H11ClFN3S. The summed E-state index contributed by atoms with van der Waals surface area (Å²) in [5.41, 5.74) is 4.12. The molecule has 3 nitrogen and oxygen atoms in total. The highest BCUT2D eigenvalue weighted by Gasteiger charge is 1.97. The van der Waals surface area contributed by atoms with Crippen molar-refractivity contribution in [2.75, 3.05) is 5.32 Å². The van der Waals surface area contributed by atoms with Gasteiger partial charge in [0.15, 0.2) is 5.11 Å². The van der Waals surface area contributed by atoms with Gasteiger partial charge in [-0.25, -0.2) is 4.39 Å². The van der Waals surface area contributed by atoms with Crippen molar-refractivity contribution in [2.24, 2.45) is 5.10 Å². The van der Waals surface area contributed by atoms with Gasteiger partial charge in [0.1, 0.15) is 5.82 Å². The van der Waals surface area contributed by atoms with Crippen LogP contribution in [-0.2, 0) is 0 Å². The summed E-state index contributed by atoms with van der Waals surface area (Å²) in [6.45, 7) is 0. The Kier molecular flexibility index (Phi) is 5.03. The van der Waals surface area contributed by atoms with Gasteiger partial charge in [-0.2, -0.15) is 5.10 Å². The van der Waals surface area contributed by atoms with Crippen LogP contribution >= 0.6 is 23.8 Å². The third kappa shape index (κ3) is 4.29. The molecule has 0 aliphatic heterocycles. The van der Waals surface area contributed by atoms with E-state index < -0.39 is 0 Å². The molecule has 0 saturated heterocycles. The largest absolute Gasteiger partial charge is 0.331 e. The minimum atomic E-state index is -0.300. The van der Waals surface area contributed by atoms with Crippen molar-refractivity contribution < 1.29 is 4.39 Å². The average molecular weight is 308 g/mol. The number of hydrogen-bond acceptors (Lipinski definition) is 2. The van der Waals surface area contributed by atoms with Gasteiger partial charge in [0, 0.05) is 16.3 Å². The molecule has 0 aromatic heterocycles. The zero-order valence-electron chi connectivity index (χ0n) is 10.3. The van der Waals surface area contributed by atoms with Gasteiger partial charge in [-0.3, -0.25) is 5.43 Å². The van der Waals surface area contributed by atoms with Crippen LogP contribution in [-0.4, -0.2) is 11.3 Å². The second-order valence-electron chi connectivity index (χ2n) is 3.85. The fourth-order valence-electron chi connectivity index (χ4n) is 1.43. The molecule has 0 atom stereocenters. The Balaban J connectivity index is 1.89. The Morgan fingerprint density at radius 2 is 1.85 bits per heavy atom. The summed E-state index contributed by atoms with van der Waals surface area (Å²) in [6, 6.07) is 13.2. The van der Waals surface area contributed by atoms with Crippen molar-refractivity contribution in [3.8, 4) is 0 Å². The molecule has 0 saturated carbocycles. The van der Waals surface area contributed by atoms with E-state index in [9.17, 15) is 4.39 Å². The van der Waals surface area contributed by atoms with Crippen LogP contribution in [0.25, 0.3) is 0 Å². The number of nitrogens with zero attached hydrogens (tertiary/aromatic N) is 1. The number of hydrazone groups is 1. The number of anilines is 1. The van der Waals surface area contributed by atoms with Crippen LogP contribution in [0.1, 0.15) is 5.56 Å². The van der Waals surface area contributed by atoms with Crippen molar-refractivity contribution in [3.63, 3.8) is 0 Å². The molecule has 102 valence electrons. The number of halogens is 2. The van der Waals surface area contributed by atoms with Crippen molar-refractivity contribution in [3.05, 3.63) is 64.9 Å². The molecule has 0 fully saturated rings. The first-order chi connectivity index (χ1) is 9.65. The smallest absolute Gasteiger partial charge is 0.191 e. The fourth-order valence-corrected chi connectivity index (χ4v) is 1.79. The summed E-state index contributed by atoms with van der Waals surface area (Å²) in [5.74, 6) is -0.300. The molecule has 0 amide bonds. The first-order valence-electron chi connectivity index (χ1n) is 5.75. The average Bonchev–Trinajstić information content (AvgIpc) is 2.43. The molecule has 2 rings (SSSR count). The number of thiocarbonyl (C=S) groups is 1. The molecule has 0 unspecified atom stereocenters. The van der Waals surface area contributed by atoms with Crippen LogP contribution in [0.4, 0.5) is 10.1 Å². The van der Waals surface area contributed by atoms with Gasteiger partial charge in [0.2, 0.25) is 0 Å². The number of benzene rings is 2. The molecule has 0 bridgehead atoms. The zero-order chi connectivity index (χ0) is 14.4. The number of hydrogen-bond donors (Lipinski definition) is 2.